The lowest BCUT2D eigenvalue weighted by Crippen LogP contribution is -2.18. The van der Waals surface area contributed by atoms with Crippen molar-refractivity contribution < 1.29 is 9.90 Å². The summed E-state index contributed by atoms with van der Waals surface area (Å²) in [7, 11) is 0. The highest BCUT2D eigenvalue weighted by Crippen LogP contribution is 2.17. The van der Waals surface area contributed by atoms with E-state index in [0.29, 0.717) is 16.1 Å². The monoisotopic (exact) mass is 288 g/mol. The molecule has 0 aliphatic carbocycles. The molecule has 0 fully saturated rings. The second-order valence-electron chi connectivity index (χ2n) is 4.24. The Balaban J connectivity index is 2.07. The van der Waals surface area contributed by atoms with Gasteiger partial charge in [0.2, 0.25) is 0 Å². The van der Waals surface area contributed by atoms with Gasteiger partial charge in [-0.1, -0.05) is 29.8 Å². The smallest absolute Gasteiger partial charge is 0.272 e. The fourth-order valence-corrected chi connectivity index (χ4v) is 1.94. The molecule has 0 aromatic heterocycles. The largest absolute Gasteiger partial charge is 0.507 e. The Morgan fingerprint density at radius 2 is 2.05 bits per heavy atom. The van der Waals surface area contributed by atoms with Crippen molar-refractivity contribution in [1.29, 1.82) is 0 Å². The molecule has 0 radical (unpaired) electrons. The molecule has 1 amide bonds. The Hall–Kier alpha value is -2.33. The number of nitrogens with zero attached hydrogens (tertiary/aromatic N) is 1. The molecular weight excluding hydrogens is 276 g/mol. The van der Waals surface area contributed by atoms with Crippen molar-refractivity contribution in [2.75, 3.05) is 0 Å². The second-order valence-corrected chi connectivity index (χ2v) is 4.65. The number of hydrogen-bond acceptors (Lipinski definition) is 3. The minimum Gasteiger partial charge on any atom is -0.507 e. The minimum atomic E-state index is -0.401. The summed E-state index contributed by atoms with van der Waals surface area (Å²) in [6, 6.07) is 11.8. The van der Waals surface area contributed by atoms with Gasteiger partial charge < -0.3 is 5.11 Å². The molecule has 102 valence electrons. The number of benzene rings is 2. The Labute approximate surface area is 121 Å². The summed E-state index contributed by atoms with van der Waals surface area (Å²) in [5.74, 6) is -0.305. The molecule has 2 rings (SSSR count). The van der Waals surface area contributed by atoms with Gasteiger partial charge in [0.05, 0.1) is 16.8 Å². The number of rotatable bonds is 3. The van der Waals surface area contributed by atoms with Crippen LogP contribution < -0.4 is 5.43 Å². The molecule has 4 nitrogen and oxygen atoms in total. The Kier molecular flexibility index (Phi) is 4.38. The van der Waals surface area contributed by atoms with Crippen molar-refractivity contribution in [2.45, 2.75) is 6.92 Å². The summed E-state index contributed by atoms with van der Waals surface area (Å²) >= 11 is 5.99. The molecule has 0 saturated heterocycles. The van der Waals surface area contributed by atoms with Gasteiger partial charge in [-0.15, -0.1) is 0 Å². The average molecular weight is 289 g/mol. The number of aromatic hydroxyl groups is 1. The van der Waals surface area contributed by atoms with Crippen LogP contribution in [0.3, 0.4) is 0 Å². The standard InChI is InChI=1S/C15H13ClN2O2/c1-10-6-7-12(13(16)8-10)15(20)18-17-9-11-4-2-3-5-14(11)19/h2-9,19H,1H3,(H,18,20)/b17-9+. The van der Waals surface area contributed by atoms with E-state index < -0.39 is 5.91 Å². The van der Waals surface area contributed by atoms with Gasteiger partial charge in [-0.25, -0.2) is 5.43 Å². The van der Waals surface area contributed by atoms with Crippen LogP contribution in [0.1, 0.15) is 21.5 Å². The normalized spacial score (nSPS) is 10.7. The van der Waals surface area contributed by atoms with E-state index in [0.717, 1.165) is 5.56 Å². The maximum absolute atomic E-state index is 11.9. The Bertz CT molecular complexity index is 669. The molecule has 0 spiro atoms. The van der Waals surface area contributed by atoms with Crippen molar-refractivity contribution in [2.24, 2.45) is 5.10 Å². The molecule has 5 heteroatoms. The van der Waals surface area contributed by atoms with Crippen LogP contribution in [-0.2, 0) is 0 Å². The van der Waals surface area contributed by atoms with E-state index in [9.17, 15) is 9.90 Å². The van der Waals surface area contributed by atoms with Crippen molar-refractivity contribution in [3.8, 4) is 5.75 Å². The summed E-state index contributed by atoms with van der Waals surface area (Å²) in [5, 5.41) is 13.7. The number of halogens is 1. The molecule has 0 bridgehead atoms. The van der Waals surface area contributed by atoms with E-state index in [1.807, 2.05) is 6.92 Å². The molecular formula is C15H13ClN2O2. The van der Waals surface area contributed by atoms with Crippen LogP contribution in [0.25, 0.3) is 0 Å². The van der Waals surface area contributed by atoms with E-state index in [1.165, 1.54) is 6.21 Å². The van der Waals surface area contributed by atoms with Crippen LogP contribution in [0.5, 0.6) is 5.75 Å². The van der Waals surface area contributed by atoms with Crippen LogP contribution in [0.4, 0.5) is 0 Å². The van der Waals surface area contributed by atoms with Gasteiger partial charge in [0.15, 0.2) is 0 Å². The molecule has 0 aliphatic rings. The van der Waals surface area contributed by atoms with Gasteiger partial charge >= 0.3 is 0 Å². The number of carbonyl (C=O) groups excluding carboxylic acids is 1. The summed E-state index contributed by atoms with van der Waals surface area (Å²) < 4.78 is 0. The van der Waals surface area contributed by atoms with Crippen LogP contribution in [0.2, 0.25) is 5.02 Å². The highest BCUT2D eigenvalue weighted by Gasteiger charge is 2.09. The number of amides is 1. The van der Waals surface area contributed by atoms with Crippen molar-refractivity contribution in [3.63, 3.8) is 0 Å². The van der Waals surface area contributed by atoms with Gasteiger partial charge in [0.25, 0.3) is 5.91 Å². The van der Waals surface area contributed by atoms with Crippen molar-refractivity contribution in [1.82, 2.24) is 5.43 Å². The van der Waals surface area contributed by atoms with Gasteiger partial charge in [0, 0.05) is 5.56 Å². The molecule has 0 atom stereocenters. The average Bonchev–Trinajstić information content (AvgIpc) is 2.40. The third-order valence-corrected chi connectivity index (χ3v) is 2.99. The number of phenolic OH excluding ortho intramolecular Hbond substituents is 1. The van der Waals surface area contributed by atoms with Gasteiger partial charge in [-0.3, -0.25) is 4.79 Å². The van der Waals surface area contributed by atoms with Gasteiger partial charge in [-0.05, 0) is 36.8 Å². The number of phenols is 1. The van der Waals surface area contributed by atoms with Crippen LogP contribution in [-0.4, -0.2) is 17.2 Å². The maximum Gasteiger partial charge on any atom is 0.272 e. The van der Waals surface area contributed by atoms with Gasteiger partial charge in [0.1, 0.15) is 5.75 Å². The van der Waals surface area contributed by atoms with Crippen LogP contribution in [0, 0.1) is 6.92 Å². The first kappa shape index (κ1) is 14.1. The molecule has 2 aromatic carbocycles. The summed E-state index contributed by atoms with van der Waals surface area (Å²) in [6.45, 7) is 1.89. The lowest BCUT2D eigenvalue weighted by molar-refractivity contribution is 0.0955. The zero-order chi connectivity index (χ0) is 14.5. The lowest BCUT2D eigenvalue weighted by atomic mass is 10.1. The third-order valence-electron chi connectivity index (χ3n) is 2.68. The highest BCUT2D eigenvalue weighted by atomic mass is 35.5. The zero-order valence-corrected chi connectivity index (χ0v) is 11.6. The Morgan fingerprint density at radius 3 is 2.75 bits per heavy atom. The fraction of sp³-hybridized carbons (Fsp3) is 0.0667. The predicted molar refractivity (Wildman–Crippen MR) is 79.4 cm³/mol. The molecule has 20 heavy (non-hydrogen) atoms. The van der Waals surface area contributed by atoms with Gasteiger partial charge in [-0.2, -0.15) is 5.10 Å². The molecule has 2 aromatic rings. The van der Waals surface area contributed by atoms with Crippen LogP contribution >= 0.6 is 11.6 Å². The first-order chi connectivity index (χ1) is 9.58. The number of para-hydroxylation sites is 1. The summed E-state index contributed by atoms with van der Waals surface area (Å²) in [5.41, 5.74) is 4.22. The molecule has 0 heterocycles. The quantitative estimate of drug-likeness (QED) is 0.673. The van der Waals surface area contributed by atoms with E-state index in [-0.39, 0.29) is 5.75 Å². The SMILES string of the molecule is Cc1ccc(C(=O)N/N=C/c2ccccc2O)c(Cl)c1. The number of hydrazone groups is 1. The van der Waals surface area contributed by atoms with E-state index in [1.54, 1.807) is 42.5 Å². The van der Waals surface area contributed by atoms with E-state index >= 15 is 0 Å². The number of carbonyl (C=O) groups is 1. The van der Waals surface area contributed by atoms with E-state index in [4.69, 9.17) is 11.6 Å². The number of aryl methyl sites for hydroxylation is 1. The lowest BCUT2D eigenvalue weighted by Gasteiger charge is -2.03. The second kappa shape index (κ2) is 6.21. The topological polar surface area (TPSA) is 61.7 Å². The molecule has 0 saturated carbocycles. The Morgan fingerprint density at radius 1 is 1.30 bits per heavy atom. The molecule has 0 unspecified atom stereocenters. The first-order valence-corrected chi connectivity index (χ1v) is 6.33. The summed E-state index contributed by atoms with van der Waals surface area (Å²) in [6.07, 6.45) is 1.37. The fourth-order valence-electron chi connectivity index (χ4n) is 1.62. The molecule has 2 N–H and O–H groups in total. The number of nitrogens with one attached hydrogen (secondary N) is 1. The van der Waals surface area contributed by atoms with Crippen molar-refractivity contribution in [3.05, 3.63) is 64.2 Å². The van der Waals surface area contributed by atoms with Crippen molar-refractivity contribution >= 4 is 23.7 Å². The number of hydrogen-bond donors (Lipinski definition) is 2. The highest BCUT2D eigenvalue weighted by molar-refractivity contribution is 6.33. The zero-order valence-electron chi connectivity index (χ0n) is 10.8. The molecule has 0 aliphatic heterocycles. The predicted octanol–water partition coefficient (Wildman–Crippen LogP) is 3.12. The minimum absolute atomic E-state index is 0.0962. The van der Waals surface area contributed by atoms with Crippen LogP contribution in [0.15, 0.2) is 47.6 Å². The van der Waals surface area contributed by atoms with E-state index in [2.05, 4.69) is 10.5 Å². The first-order valence-electron chi connectivity index (χ1n) is 5.95. The third kappa shape index (κ3) is 3.36. The summed E-state index contributed by atoms with van der Waals surface area (Å²) in [4.78, 5) is 11.9. The maximum atomic E-state index is 11.9.